The molecule has 0 bridgehead atoms. The van der Waals surface area contributed by atoms with Crippen LogP contribution in [-0.4, -0.2) is 20.2 Å². The summed E-state index contributed by atoms with van der Waals surface area (Å²) in [7, 11) is 0. The third kappa shape index (κ3) is 2.34. The lowest BCUT2D eigenvalue weighted by Gasteiger charge is -2.02. The molecule has 6 heteroatoms. The standard InChI is InChI=1S/C12H13N5S/c1-2-10(18-5-1)12-9(7-16-17-12)6-13-8-11-14-3-4-15-11/h1-5,7,13H,6,8H2,(H,14,15)(H,16,17). The van der Waals surface area contributed by atoms with E-state index in [-0.39, 0.29) is 0 Å². The highest BCUT2D eigenvalue weighted by Crippen LogP contribution is 2.25. The first-order valence-corrected chi connectivity index (χ1v) is 6.56. The van der Waals surface area contributed by atoms with Gasteiger partial charge in [-0.2, -0.15) is 5.10 Å². The van der Waals surface area contributed by atoms with Crippen molar-refractivity contribution in [1.82, 2.24) is 25.5 Å². The summed E-state index contributed by atoms with van der Waals surface area (Å²) >= 11 is 1.71. The van der Waals surface area contributed by atoms with Gasteiger partial charge in [-0.1, -0.05) is 6.07 Å². The highest BCUT2D eigenvalue weighted by molar-refractivity contribution is 7.13. The van der Waals surface area contributed by atoms with Gasteiger partial charge in [0.1, 0.15) is 5.82 Å². The summed E-state index contributed by atoms with van der Waals surface area (Å²) in [5, 5.41) is 12.6. The normalized spacial score (nSPS) is 10.9. The molecule has 0 amide bonds. The van der Waals surface area contributed by atoms with Gasteiger partial charge in [0.25, 0.3) is 0 Å². The van der Waals surface area contributed by atoms with E-state index in [9.17, 15) is 0 Å². The van der Waals surface area contributed by atoms with Gasteiger partial charge in [0.05, 0.1) is 23.3 Å². The Morgan fingerprint density at radius 2 is 2.33 bits per heavy atom. The van der Waals surface area contributed by atoms with Gasteiger partial charge in [0.15, 0.2) is 0 Å². The molecule has 3 heterocycles. The quantitative estimate of drug-likeness (QED) is 0.657. The maximum Gasteiger partial charge on any atom is 0.120 e. The molecule has 5 nitrogen and oxygen atoms in total. The predicted octanol–water partition coefficient (Wildman–Crippen LogP) is 2.15. The maximum atomic E-state index is 4.17. The third-order valence-corrected chi connectivity index (χ3v) is 3.54. The van der Waals surface area contributed by atoms with Crippen molar-refractivity contribution in [2.75, 3.05) is 0 Å². The van der Waals surface area contributed by atoms with Crippen molar-refractivity contribution in [1.29, 1.82) is 0 Å². The Bertz CT molecular complexity index is 582. The molecule has 0 aliphatic rings. The SMILES string of the molecule is c1csc(-c2[nH]ncc2CNCc2ncc[nH]2)c1. The van der Waals surface area contributed by atoms with Crippen LogP contribution >= 0.6 is 11.3 Å². The summed E-state index contributed by atoms with van der Waals surface area (Å²) in [6, 6.07) is 4.13. The van der Waals surface area contributed by atoms with Gasteiger partial charge in [-0.05, 0) is 11.4 Å². The lowest BCUT2D eigenvalue weighted by atomic mass is 10.2. The van der Waals surface area contributed by atoms with Crippen LogP contribution in [0, 0.1) is 0 Å². The Balaban J connectivity index is 1.65. The smallest absolute Gasteiger partial charge is 0.120 e. The molecule has 0 aliphatic carbocycles. The number of H-pyrrole nitrogens is 2. The second-order valence-corrected chi connectivity index (χ2v) is 4.83. The molecule has 0 fully saturated rings. The number of thiophene rings is 1. The zero-order chi connectivity index (χ0) is 12.2. The summed E-state index contributed by atoms with van der Waals surface area (Å²) < 4.78 is 0. The first-order valence-electron chi connectivity index (χ1n) is 5.68. The van der Waals surface area contributed by atoms with Gasteiger partial charge in [-0.25, -0.2) is 4.98 Å². The molecule has 0 aliphatic heterocycles. The number of hydrogen-bond acceptors (Lipinski definition) is 4. The zero-order valence-electron chi connectivity index (χ0n) is 9.68. The molecule has 0 saturated heterocycles. The van der Waals surface area contributed by atoms with Crippen LogP contribution in [0.15, 0.2) is 36.1 Å². The van der Waals surface area contributed by atoms with Crippen molar-refractivity contribution >= 4 is 11.3 Å². The fourth-order valence-corrected chi connectivity index (χ4v) is 2.54. The molecule has 92 valence electrons. The molecule has 0 atom stereocenters. The number of nitrogens with zero attached hydrogens (tertiary/aromatic N) is 2. The first kappa shape index (κ1) is 11.2. The van der Waals surface area contributed by atoms with E-state index in [0.717, 1.165) is 24.6 Å². The van der Waals surface area contributed by atoms with E-state index in [1.807, 2.05) is 18.5 Å². The highest BCUT2D eigenvalue weighted by Gasteiger charge is 2.08. The van der Waals surface area contributed by atoms with E-state index < -0.39 is 0 Å². The Hall–Kier alpha value is -1.92. The van der Waals surface area contributed by atoms with E-state index in [1.54, 1.807) is 17.5 Å². The van der Waals surface area contributed by atoms with Gasteiger partial charge in [-0.3, -0.25) is 5.10 Å². The lowest BCUT2D eigenvalue weighted by Crippen LogP contribution is -2.13. The summed E-state index contributed by atoms with van der Waals surface area (Å²) in [5.41, 5.74) is 2.26. The Labute approximate surface area is 108 Å². The molecule has 3 rings (SSSR count). The molecule has 0 radical (unpaired) electrons. The summed E-state index contributed by atoms with van der Waals surface area (Å²) in [6.07, 6.45) is 5.45. The Morgan fingerprint density at radius 1 is 1.33 bits per heavy atom. The van der Waals surface area contributed by atoms with Crippen molar-refractivity contribution in [3.63, 3.8) is 0 Å². The van der Waals surface area contributed by atoms with Crippen molar-refractivity contribution < 1.29 is 0 Å². The average Bonchev–Trinajstić information content (AvgIpc) is 3.12. The van der Waals surface area contributed by atoms with Crippen molar-refractivity contribution in [2.45, 2.75) is 13.1 Å². The van der Waals surface area contributed by atoms with Crippen LogP contribution < -0.4 is 5.32 Å². The molecular formula is C12H13N5S. The molecule has 0 unspecified atom stereocenters. The molecule has 0 spiro atoms. The molecule has 3 aromatic heterocycles. The number of rotatable bonds is 5. The van der Waals surface area contributed by atoms with E-state index in [2.05, 4.69) is 36.9 Å². The van der Waals surface area contributed by atoms with E-state index in [4.69, 9.17) is 0 Å². The molecule has 3 N–H and O–H groups in total. The molecule has 3 aromatic rings. The number of hydrogen-bond donors (Lipinski definition) is 3. The maximum absolute atomic E-state index is 4.17. The van der Waals surface area contributed by atoms with Gasteiger partial charge in [-0.15, -0.1) is 11.3 Å². The zero-order valence-corrected chi connectivity index (χ0v) is 10.5. The summed E-state index contributed by atoms with van der Waals surface area (Å²) in [5.74, 6) is 0.941. The highest BCUT2D eigenvalue weighted by atomic mass is 32.1. The monoisotopic (exact) mass is 259 g/mol. The predicted molar refractivity (Wildman–Crippen MR) is 71.0 cm³/mol. The average molecular weight is 259 g/mol. The van der Waals surface area contributed by atoms with Gasteiger partial charge in [0.2, 0.25) is 0 Å². The van der Waals surface area contributed by atoms with Crippen molar-refractivity contribution in [2.24, 2.45) is 0 Å². The first-order chi connectivity index (χ1) is 8.93. The molecule has 0 saturated carbocycles. The topological polar surface area (TPSA) is 69.4 Å². The van der Waals surface area contributed by atoms with Crippen molar-refractivity contribution in [3.8, 4) is 10.6 Å². The van der Waals surface area contributed by atoms with Gasteiger partial charge >= 0.3 is 0 Å². The van der Waals surface area contributed by atoms with Crippen LogP contribution in [0.2, 0.25) is 0 Å². The van der Waals surface area contributed by atoms with Crippen LogP contribution in [-0.2, 0) is 13.1 Å². The van der Waals surface area contributed by atoms with Crippen LogP contribution in [0.5, 0.6) is 0 Å². The number of aromatic amines is 2. The van der Waals surface area contributed by atoms with E-state index >= 15 is 0 Å². The number of nitrogens with one attached hydrogen (secondary N) is 3. The molecular weight excluding hydrogens is 246 g/mol. The van der Waals surface area contributed by atoms with Crippen LogP contribution in [0.25, 0.3) is 10.6 Å². The van der Waals surface area contributed by atoms with E-state index in [1.165, 1.54) is 10.4 Å². The number of imidazole rings is 1. The fraction of sp³-hybridized carbons (Fsp3) is 0.167. The third-order valence-electron chi connectivity index (χ3n) is 2.65. The number of aromatic nitrogens is 4. The second-order valence-electron chi connectivity index (χ2n) is 3.89. The Morgan fingerprint density at radius 3 is 3.11 bits per heavy atom. The molecule has 18 heavy (non-hydrogen) atoms. The van der Waals surface area contributed by atoms with Crippen LogP contribution in [0.4, 0.5) is 0 Å². The van der Waals surface area contributed by atoms with Gasteiger partial charge < -0.3 is 10.3 Å². The summed E-state index contributed by atoms with van der Waals surface area (Å²) in [4.78, 5) is 8.44. The second kappa shape index (κ2) is 5.16. The fourth-order valence-electron chi connectivity index (χ4n) is 1.79. The lowest BCUT2D eigenvalue weighted by molar-refractivity contribution is 0.670. The minimum absolute atomic E-state index is 0.724. The van der Waals surface area contributed by atoms with Gasteiger partial charge in [0, 0.05) is 24.5 Å². The minimum Gasteiger partial charge on any atom is -0.348 e. The molecule has 0 aromatic carbocycles. The van der Waals surface area contributed by atoms with Crippen molar-refractivity contribution in [3.05, 3.63) is 47.5 Å². The largest absolute Gasteiger partial charge is 0.348 e. The van der Waals surface area contributed by atoms with Crippen LogP contribution in [0.3, 0.4) is 0 Å². The van der Waals surface area contributed by atoms with E-state index in [0.29, 0.717) is 0 Å². The minimum atomic E-state index is 0.724. The summed E-state index contributed by atoms with van der Waals surface area (Å²) in [6.45, 7) is 1.49. The Kier molecular flexibility index (Phi) is 3.20. The van der Waals surface area contributed by atoms with Crippen LogP contribution in [0.1, 0.15) is 11.4 Å².